The molecule has 0 bridgehead atoms. The Morgan fingerprint density at radius 2 is 2.54 bits per heavy atom. The molecule has 6 heteroatoms. The van der Waals surface area contributed by atoms with Crippen LogP contribution in [0.4, 0.5) is 9.18 Å². The molecule has 0 aromatic rings. The lowest BCUT2D eigenvalue weighted by Crippen LogP contribution is -2.26. The minimum Gasteiger partial charge on any atom is -0.429 e. The molecule has 5 nitrogen and oxygen atoms in total. The zero-order valence-corrected chi connectivity index (χ0v) is 6.86. The summed E-state index contributed by atoms with van der Waals surface area (Å²) in [7, 11) is 0. The van der Waals surface area contributed by atoms with E-state index in [-0.39, 0.29) is 19.6 Å². The first-order chi connectivity index (χ1) is 6.24. The highest BCUT2D eigenvalue weighted by Gasteiger charge is 2.38. The Hall–Kier alpha value is -1.33. The van der Waals surface area contributed by atoms with Crippen LogP contribution in [0, 0.1) is 0 Å². The van der Waals surface area contributed by atoms with E-state index >= 15 is 0 Å². The molecule has 1 fully saturated rings. The van der Waals surface area contributed by atoms with Crippen LogP contribution in [0.15, 0.2) is 0 Å². The van der Waals surface area contributed by atoms with Gasteiger partial charge in [-0.25, -0.2) is 4.79 Å². The first kappa shape index (κ1) is 9.76. The van der Waals surface area contributed by atoms with Gasteiger partial charge in [-0.15, -0.1) is 0 Å². The van der Waals surface area contributed by atoms with E-state index in [9.17, 15) is 9.18 Å². The van der Waals surface area contributed by atoms with Crippen molar-refractivity contribution in [2.24, 2.45) is 0 Å². The number of carbonyl (C=O) groups excluding carboxylic acids is 2. The van der Waals surface area contributed by atoms with Gasteiger partial charge in [-0.2, -0.15) is 0 Å². The van der Waals surface area contributed by atoms with Crippen LogP contribution in [-0.2, 0) is 14.2 Å². The van der Waals surface area contributed by atoms with Gasteiger partial charge < -0.3 is 19.0 Å². The van der Waals surface area contributed by atoms with E-state index in [0.717, 1.165) is 0 Å². The molecular formula is C7H10FO5+. The zero-order chi connectivity index (χ0) is 9.68. The fourth-order valence-corrected chi connectivity index (χ4v) is 0.774. The van der Waals surface area contributed by atoms with Crippen LogP contribution in [0.5, 0.6) is 0 Å². The fraction of sp³-hybridized carbons (Fsp3) is 0.714. The lowest BCUT2D eigenvalue weighted by atomic mass is 10.4. The highest BCUT2D eigenvalue weighted by atomic mass is 19.1. The summed E-state index contributed by atoms with van der Waals surface area (Å²) in [5.41, 5.74) is 0. The highest BCUT2D eigenvalue weighted by molar-refractivity contribution is 5.80. The van der Waals surface area contributed by atoms with E-state index in [1.54, 1.807) is 0 Å². The van der Waals surface area contributed by atoms with Crippen LogP contribution >= 0.6 is 0 Å². The van der Waals surface area contributed by atoms with Gasteiger partial charge in [-0.05, 0) is 0 Å². The normalized spacial score (nSPS) is 20.7. The maximum absolute atomic E-state index is 11.6. The SMILES string of the molecule is O=C1OCC(C(=[OH+])OCCCF)O1. The zero-order valence-electron chi connectivity index (χ0n) is 6.86. The van der Waals surface area contributed by atoms with Gasteiger partial charge in [-0.3, -0.25) is 4.39 Å². The predicted octanol–water partition coefficient (Wildman–Crippen LogP) is 0.400. The van der Waals surface area contributed by atoms with E-state index in [1.165, 1.54) is 0 Å². The summed E-state index contributed by atoms with van der Waals surface area (Å²) in [6, 6.07) is 0. The van der Waals surface area contributed by atoms with E-state index in [2.05, 4.69) is 14.2 Å². The number of hydrogen-bond donors (Lipinski definition) is 0. The van der Waals surface area contributed by atoms with Crippen LogP contribution < -0.4 is 0 Å². The maximum Gasteiger partial charge on any atom is 0.529 e. The van der Waals surface area contributed by atoms with E-state index in [0.29, 0.717) is 0 Å². The standard InChI is InChI=1S/C7H9FO5/c8-2-1-3-11-6(9)5-4-12-7(10)13-5/h5H,1-4H2/p+1. The van der Waals surface area contributed by atoms with E-state index in [1.807, 2.05) is 0 Å². The number of halogens is 1. The summed E-state index contributed by atoms with van der Waals surface area (Å²) in [6.07, 6.45) is -1.54. The Morgan fingerprint density at radius 1 is 1.77 bits per heavy atom. The van der Waals surface area contributed by atoms with Gasteiger partial charge >= 0.3 is 12.1 Å². The molecular weight excluding hydrogens is 183 g/mol. The summed E-state index contributed by atoms with van der Waals surface area (Å²) in [4.78, 5) is 19.5. The summed E-state index contributed by atoms with van der Waals surface area (Å²) < 4.78 is 25.2. The molecule has 74 valence electrons. The number of alkyl halides is 1. The molecule has 0 aromatic carbocycles. The lowest BCUT2D eigenvalue weighted by Gasteiger charge is -1.97. The average molecular weight is 193 g/mol. The van der Waals surface area contributed by atoms with Gasteiger partial charge in [0.25, 0.3) is 6.10 Å². The summed E-state index contributed by atoms with van der Waals surface area (Å²) >= 11 is 0. The quantitative estimate of drug-likeness (QED) is 0.368. The Bertz CT molecular complexity index is 205. The Kier molecular flexibility index (Phi) is 3.48. The topological polar surface area (TPSA) is 66.2 Å². The third-order valence-corrected chi connectivity index (χ3v) is 1.39. The van der Waals surface area contributed by atoms with Crippen LogP contribution in [0.3, 0.4) is 0 Å². The Balaban J connectivity index is 2.20. The van der Waals surface area contributed by atoms with Crippen molar-refractivity contribution in [3.8, 4) is 0 Å². The average Bonchev–Trinajstić information content (AvgIpc) is 2.52. The van der Waals surface area contributed by atoms with E-state index in [4.69, 9.17) is 4.79 Å². The molecule has 0 saturated carbocycles. The van der Waals surface area contributed by atoms with Gasteiger partial charge in [0.1, 0.15) is 6.61 Å². The van der Waals surface area contributed by atoms with Crippen molar-refractivity contribution >= 4 is 12.1 Å². The van der Waals surface area contributed by atoms with Crippen LogP contribution in [-0.4, -0.2) is 42.9 Å². The minimum atomic E-state index is -0.882. The maximum atomic E-state index is 11.6. The summed E-state index contributed by atoms with van der Waals surface area (Å²) in [6.45, 7) is -0.537. The largest absolute Gasteiger partial charge is 0.529 e. The molecule has 1 aliphatic heterocycles. The number of cyclic esters (lactones) is 2. The number of rotatable bonds is 4. The lowest BCUT2D eigenvalue weighted by molar-refractivity contribution is 0.118. The summed E-state index contributed by atoms with van der Waals surface area (Å²) in [5.74, 6) is -0.445. The van der Waals surface area contributed by atoms with Crippen molar-refractivity contribution in [3.63, 3.8) is 0 Å². The molecule has 1 atom stereocenters. The van der Waals surface area contributed by atoms with Crippen molar-refractivity contribution in [2.75, 3.05) is 19.9 Å². The first-order valence-corrected chi connectivity index (χ1v) is 3.82. The molecule has 1 unspecified atom stereocenters. The summed E-state index contributed by atoms with van der Waals surface area (Å²) in [5, 5.41) is 0. The Labute approximate surface area is 73.8 Å². The first-order valence-electron chi connectivity index (χ1n) is 3.82. The van der Waals surface area contributed by atoms with Crippen molar-refractivity contribution in [2.45, 2.75) is 12.5 Å². The van der Waals surface area contributed by atoms with Gasteiger partial charge in [0, 0.05) is 6.42 Å². The number of ether oxygens (including phenoxy) is 3. The van der Waals surface area contributed by atoms with Gasteiger partial charge in [0.15, 0.2) is 6.61 Å². The van der Waals surface area contributed by atoms with Crippen molar-refractivity contribution in [1.82, 2.24) is 0 Å². The van der Waals surface area contributed by atoms with Crippen LogP contribution in [0.2, 0.25) is 0 Å². The van der Waals surface area contributed by atoms with Crippen LogP contribution in [0.1, 0.15) is 6.42 Å². The third-order valence-electron chi connectivity index (χ3n) is 1.39. The fourth-order valence-electron chi connectivity index (χ4n) is 0.774. The molecule has 0 aliphatic carbocycles. The molecule has 1 saturated heterocycles. The molecule has 1 N–H and O–H groups in total. The van der Waals surface area contributed by atoms with Crippen molar-refractivity contribution < 1.29 is 28.2 Å². The minimum absolute atomic E-state index is 0.0520. The molecule has 0 aromatic heterocycles. The number of hydrogen-bond acceptors (Lipinski definition) is 4. The van der Waals surface area contributed by atoms with Gasteiger partial charge in [-0.1, -0.05) is 0 Å². The molecule has 0 amide bonds. The highest BCUT2D eigenvalue weighted by Crippen LogP contribution is 2.07. The Morgan fingerprint density at radius 3 is 3.08 bits per heavy atom. The molecule has 1 aliphatic rings. The molecule has 0 radical (unpaired) electrons. The monoisotopic (exact) mass is 193 g/mol. The van der Waals surface area contributed by atoms with Gasteiger partial charge in [0.05, 0.1) is 6.67 Å². The second kappa shape index (κ2) is 4.64. The van der Waals surface area contributed by atoms with Crippen LogP contribution in [0.25, 0.3) is 0 Å². The van der Waals surface area contributed by atoms with Crippen molar-refractivity contribution in [3.05, 3.63) is 0 Å². The molecule has 13 heavy (non-hydrogen) atoms. The molecule has 1 rings (SSSR count). The smallest absolute Gasteiger partial charge is 0.429 e. The third kappa shape index (κ3) is 2.89. The number of esters is 1. The molecule has 0 spiro atoms. The second-order valence-electron chi connectivity index (χ2n) is 2.40. The van der Waals surface area contributed by atoms with Gasteiger partial charge in [0.2, 0.25) is 0 Å². The second-order valence-corrected chi connectivity index (χ2v) is 2.40. The predicted molar refractivity (Wildman–Crippen MR) is 39.7 cm³/mol. The number of carbonyl (C=O) groups is 1. The molecule has 1 heterocycles. The van der Waals surface area contributed by atoms with E-state index < -0.39 is 24.9 Å². The van der Waals surface area contributed by atoms with Crippen molar-refractivity contribution in [1.29, 1.82) is 0 Å².